The summed E-state index contributed by atoms with van der Waals surface area (Å²) in [4.78, 5) is 9.86. The van der Waals surface area contributed by atoms with Gasteiger partial charge < -0.3 is 4.74 Å². The Hall–Kier alpha value is -2.45. The Balaban J connectivity index is 2.01. The van der Waals surface area contributed by atoms with Gasteiger partial charge in [-0.25, -0.2) is 13.1 Å². The normalized spacial score (nSPS) is 11.2. The van der Waals surface area contributed by atoms with E-state index in [9.17, 15) is 18.5 Å². The van der Waals surface area contributed by atoms with Crippen LogP contribution in [0, 0.1) is 24.0 Å². The number of hydrogen-bond donors (Lipinski definition) is 1. The minimum absolute atomic E-state index is 0.00175. The molecular weight excluding hydrogens is 332 g/mol. The van der Waals surface area contributed by atoms with Crippen molar-refractivity contribution in [3.63, 3.8) is 0 Å². The van der Waals surface area contributed by atoms with E-state index in [4.69, 9.17) is 4.74 Å². The van der Waals surface area contributed by atoms with Crippen LogP contribution in [0.15, 0.2) is 47.4 Å². The molecule has 0 aliphatic rings. The van der Waals surface area contributed by atoms with E-state index in [-0.39, 0.29) is 18.0 Å². The Morgan fingerprint density at radius 3 is 2.54 bits per heavy atom. The minimum atomic E-state index is -3.98. The Kier molecular flexibility index (Phi) is 5.53. The van der Waals surface area contributed by atoms with Crippen LogP contribution in [0.2, 0.25) is 0 Å². The summed E-state index contributed by atoms with van der Waals surface area (Å²) in [5, 5.41) is 10.9. The molecule has 0 bridgehead atoms. The van der Waals surface area contributed by atoms with Gasteiger partial charge in [0.2, 0.25) is 10.0 Å². The third-order valence-corrected chi connectivity index (χ3v) is 5.07. The number of aryl methyl sites for hydroxylation is 1. The molecule has 0 spiro atoms. The molecule has 0 heterocycles. The number of nitro benzene ring substituents is 1. The minimum Gasteiger partial charge on any atom is -0.492 e. The van der Waals surface area contributed by atoms with Crippen molar-refractivity contribution in [2.24, 2.45) is 0 Å². The zero-order valence-corrected chi connectivity index (χ0v) is 14.2. The average molecular weight is 350 g/mol. The van der Waals surface area contributed by atoms with Gasteiger partial charge in [-0.05, 0) is 37.1 Å². The van der Waals surface area contributed by atoms with Crippen LogP contribution in [-0.4, -0.2) is 26.5 Å². The SMILES string of the molecule is Cc1cccc(OCCNS(=O)(=O)c2ccccc2[N+](=O)[O-])c1C. The number of nitrogens with one attached hydrogen (secondary N) is 1. The number of rotatable bonds is 7. The van der Waals surface area contributed by atoms with E-state index in [1.807, 2.05) is 26.0 Å². The molecule has 24 heavy (non-hydrogen) atoms. The van der Waals surface area contributed by atoms with Gasteiger partial charge in [-0.1, -0.05) is 24.3 Å². The van der Waals surface area contributed by atoms with Gasteiger partial charge in [0.05, 0.1) is 4.92 Å². The molecule has 2 aromatic carbocycles. The first-order chi connectivity index (χ1) is 11.3. The van der Waals surface area contributed by atoms with Gasteiger partial charge >= 0.3 is 0 Å². The molecule has 0 radical (unpaired) electrons. The van der Waals surface area contributed by atoms with E-state index >= 15 is 0 Å². The quantitative estimate of drug-likeness (QED) is 0.470. The Bertz CT molecular complexity index is 849. The molecule has 8 heteroatoms. The van der Waals surface area contributed by atoms with Gasteiger partial charge in [0, 0.05) is 12.6 Å². The lowest BCUT2D eigenvalue weighted by Crippen LogP contribution is -2.28. The number of ether oxygens (including phenoxy) is 1. The van der Waals surface area contributed by atoms with Crippen molar-refractivity contribution in [3.05, 3.63) is 63.7 Å². The van der Waals surface area contributed by atoms with Crippen molar-refractivity contribution in [1.82, 2.24) is 4.72 Å². The topological polar surface area (TPSA) is 98.5 Å². The monoisotopic (exact) mass is 350 g/mol. The maximum Gasteiger partial charge on any atom is 0.289 e. The standard InChI is InChI=1S/C16H18N2O5S/c1-12-6-5-8-15(13(12)2)23-11-10-17-24(21,22)16-9-4-3-7-14(16)18(19)20/h3-9,17H,10-11H2,1-2H3. The van der Waals surface area contributed by atoms with Gasteiger partial charge in [-0.15, -0.1) is 0 Å². The molecule has 0 aliphatic carbocycles. The highest BCUT2D eigenvalue weighted by Crippen LogP contribution is 2.23. The van der Waals surface area contributed by atoms with Crippen LogP contribution in [0.3, 0.4) is 0 Å². The van der Waals surface area contributed by atoms with Gasteiger partial charge in [0.1, 0.15) is 12.4 Å². The van der Waals surface area contributed by atoms with Gasteiger partial charge in [0.15, 0.2) is 4.90 Å². The molecule has 7 nitrogen and oxygen atoms in total. The molecule has 2 rings (SSSR count). The van der Waals surface area contributed by atoms with Crippen molar-refractivity contribution >= 4 is 15.7 Å². The summed E-state index contributed by atoms with van der Waals surface area (Å²) < 4.78 is 32.3. The Morgan fingerprint density at radius 1 is 1.12 bits per heavy atom. The second-order valence-corrected chi connectivity index (χ2v) is 6.90. The molecule has 0 unspecified atom stereocenters. The second kappa shape index (κ2) is 7.41. The molecule has 0 aromatic heterocycles. The van der Waals surface area contributed by atoms with E-state index in [0.717, 1.165) is 17.2 Å². The van der Waals surface area contributed by atoms with Gasteiger partial charge in [-0.2, -0.15) is 0 Å². The van der Waals surface area contributed by atoms with E-state index in [1.54, 1.807) is 6.07 Å². The maximum absolute atomic E-state index is 12.2. The fraction of sp³-hybridized carbons (Fsp3) is 0.250. The smallest absolute Gasteiger partial charge is 0.289 e. The van der Waals surface area contributed by atoms with E-state index in [1.165, 1.54) is 18.2 Å². The van der Waals surface area contributed by atoms with Crippen molar-refractivity contribution < 1.29 is 18.1 Å². The maximum atomic E-state index is 12.2. The molecule has 2 aromatic rings. The van der Waals surface area contributed by atoms with E-state index < -0.39 is 20.6 Å². The second-order valence-electron chi connectivity index (χ2n) is 5.17. The largest absolute Gasteiger partial charge is 0.492 e. The number of hydrogen-bond acceptors (Lipinski definition) is 5. The summed E-state index contributed by atoms with van der Waals surface area (Å²) in [6, 6.07) is 10.8. The van der Waals surface area contributed by atoms with Crippen molar-refractivity contribution in [2.45, 2.75) is 18.7 Å². The summed E-state index contributed by atoms with van der Waals surface area (Å²) in [5.41, 5.74) is 1.60. The van der Waals surface area contributed by atoms with Crippen LogP contribution in [0.5, 0.6) is 5.75 Å². The van der Waals surface area contributed by atoms with Gasteiger partial charge in [-0.3, -0.25) is 10.1 Å². The highest BCUT2D eigenvalue weighted by molar-refractivity contribution is 7.89. The summed E-state index contributed by atoms with van der Waals surface area (Å²) in [6.07, 6.45) is 0. The first-order valence-electron chi connectivity index (χ1n) is 7.25. The van der Waals surface area contributed by atoms with Crippen LogP contribution in [-0.2, 0) is 10.0 Å². The number of sulfonamides is 1. The molecule has 0 amide bonds. The summed E-state index contributed by atoms with van der Waals surface area (Å²) >= 11 is 0. The molecule has 0 saturated heterocycles. The third-order valence-electron chi connectivity index (χ3n) is 3.56. The highest BCUT2D eigenvalue weighted by atomic mass is 32.2. The first-order valence-corrected chi connectivity index (χ1v) is 8.73. The molecule has 0 atom stereocenters. The molecule has 0 fully saturated rings. The molecule has 0 aliphatic heterocycles. The molecule has 1 N–H and O–H groups in total. The lowest BCUT2D eigenvalue weighted by atomic mass is 10.1. The van der Waals surface area contributed by atoms with Crippen molar-refractivity contribution in [3.8, 4) is 5.75 Å². The number of nitrogens with zero attached hydrogens (tertiary/aromatic N) is 1. The number of benzene rings is 2. The predicted molar refractivity (Wildman–Crippen MR) is 89.7 cm³/mol. The van der Waals surface area contributed by atoms with Crippen LogP contribution in [0.25, 0.3) is 0 Å². The summed E-state index contributed by atoms with van der Waals surface area (Å²) in [6.45, 7) is 3.99. The first kappa shape index (κ1) is 17.9. The fourth-order valence-corrected chi connectivity index (χ4v) is 3.31. The zero-order valence-electron chi connectivity index (χ0n) is 13.4. The number of para-hydroxylation sites is 1. The van der Waals surface area contributed by atoms with Crippen LogP contribution in [0.4, 0.5) is 5.69 Å². The predicted octanol–water partition coefficient (Wildman–Crippen LogP) is 2.57. The van der Waals surface area contributed by atoms with Crippen molar-refractivity contribution in [1.29, 1.82) is 0 Å². The molecule has 0 saturated carbocycles. The molecule has 128 valence electrons. The Morgan fingerprint density at radius 2 is 1.83 bits per heavy atom. The number of nitro groups is 1. The summed E-state index contributed by atoms with van der Waals surface area (Å²) in [7, 11) is -3.98. The molecular formula is C16H18N2O5S. The highest BCUT2D eigenvalue weighted by Gasteiger charge is 2.24. The van der Waals surface area contributed by atoms with Crippen LogP contribution < -0.4 is 9.46 Å². The van der Waals surface area contributed by atoms with E-state index in [2.05, 4.69) is 4.72 Å². The summed E-state index contributed by atoms with van der Waals surface area (Å²) in [5.74, 6) is 0.680. The fourth-order valence-electron chi connectivity index (χ4n) is 2.13. The van der Waals surface area contributed by atoms with Crippen LogP contribution >= 0.6 is 0 Å². The third kappa shape index (κ3) is 4.09. The Labute approximate surface area is 140 Å². The zero-order chi connectivity index (χ0) is 17.7. The van der Waals surface area contributed by atoms with E-state index in [0.29, 0.717) is 5.75 Å². The average Bonchev–Trinajstić information content (AvgIpc) is 2.55. The lowest BCUT2D eigenvalue weighted by molar-refractivity contribution is -0.387. The van der Waals surface area contributed by atoms with Gasteiger partial charge in [0.25, 0.3) is 5.69 Å². The lowest BCUT2D eigenvalue weighted by Gasteiger charge is -2.11. The van der Waals surface area contributed by atoms with Crippen LogP contribution in [0.1, 0.15) is 11.1 Å². The van der Waals surface area contributed by atoms with Crippen molar-refractivity contribution in [2.75, 3.05) is 13.2 Å².